The number of nitrogens with zero attached hydrogens (tertiary/aromatic N) is 2. The molecular weight excluding hydrogens is 216 g/mol. The van der Waals surface area contributed by atoms with Gasteiger partial charge in [-0.05, 0) is 36.2 Å². The van der Waals surface area contributed by atoms with Crippen molar-refractivity contribution in [1.82, 2.24) is 20.5 Å². The predicted octanol–water partition coefficient (Wildman–Crippen LogP) is 0.776. The van der Waals surface area contributed by atoms with E-state index in [1.807, 2.05) is 6.07 Å². The fourth-order valence-electron chi connectivity index (χ4n) is 2.01. The Bertz CT molecular complexity index is 533. The summed E-state index contributed by atoms with van der Waals surface area (Å²) in [6.07, 6.45) is 1.06. The van der Waals surface area contributed by atoms with Crippen LogP contribution in [0.5, 0.6) is 0 Å². The minimum absolute atomic E-state index is 0.315. The van der Waals surface area contributed by atoms with Crippen molar-refractivity contribution in [1.29, 1.82) is 0 Å². The fourth-order valence-corrected chi connectivity index (χ4v) is 2.01. The Kier molecular flexibility index (Phi) is 2.41. The van der Waals surface area contributed by atoms with Gasteiger partial charge in [-0.1, -0.05) is 6.07 Å². The summed E-state index contributed by atoms with van der Waals surface area (Å²) in [6, 6.07) is 6.29. The fraction of sp³-hybridized carbons (Fsp3) is 0.273. The van der Waals surface area contributed by atoms with Gasteiger partial charge in [-0.2, -0.15) is 4.98 Å². The Labute approximate surface area is 98.6 Å². The molecule has 88 valence electrons. The normalized spacial score (nSPS) is 14.4. The zero-order chi connectivity index (χ0) is 11.7. The van der Waals surface area contributed by atoms with Gasteiger partial charge in [0.2, 0.25) is 11.9 Å². The number of benzene rings is 1. The maximum atomic E-state index is 5.47. The Hall–Kier alpha value is -2.08. The van der Waals surface area contributed by atoms with E-state index in [4.69, 9.17) is 5.73 Å². The van der Waals surface area contributed by atoms with Crippen molar-refractivity contribution in [2.75, 3.05) is 17.6 Å². The molecule has 6 heteroatoms. The minimum atomic E-state index is 0.315. The summed E-state index contributed by atoms with van der Waals surface area (Å²) in [5, 5.41) is 13.0. The van der Waals surface area contributed by atoms with E-state index >= 15 is 0 Å². The SMILES string of the molecule is Nc1nc(Nc2ccc3c(c2)CCNC3)n[nH]1. The van der Waals surface area contributed by atoms with Gasteiger partial charge in [0.1, 0.15) is 0 Å². The highest BCUT2D eigenvalue weighted by Crippen LogP contribution is 2.20. The zero-order valence-electron chi connectivity index (χ0n) is 9.33. The van der Waals surface area contributed by atoms with Crippen LogP contribution in [0.1, 0.15) is 11.1 Å². The maximum absolute atomic E-state index is 5.47. The number of nitrogen functional groups attached to an aromatic ring is 1. The van der Waals surface area contributed by atoms with Gasteiger partial charge in [0.05, 0.1) is 0 Å². The van der Waals surface area contributed by atoms with Gasteiger partial charge >= 0.3 is 0 Å². The monoisotopic (exact) mass is 230 g/mol. The molecule has 0 fully saturated rings. The molecule has 0 radical (unpaired) electrons. The number of H-pyrrole nitrogens is 1. The molecule has 0 saturated carbocycles. The number of nitrogens with two attached hydrogens (primary N) is 1. The lowest BCUT2D eigenvalue weighted by molar-refractivity contribution is 0.644. The largest absolute Gasteiger partial charge is 0.368 e. The van der Waals surface area contributed by atoms with Crippen LogP contribution in [0.4, 0.5) is 17.6 Å². The van der Waals surface area contributed by atoms with Crippen molar-refractivity contribution in [3.63, 3.8) is 0 Å². The van der Waals surface area contributed by atoms with Crippen molar-refractivity contribution in [3.05, 3.63) is 29.3 Å². The quantitative estimate of drug-likeness (QED) is 0.612. The van der Waals surface area contributed by atoms with Gasteiger partial charge in [0, 0.05) is 12.2 Å². The Morgan fingerprint density at radius 1 is 1.29 bits per heavy atom. The van der Waals surface area contributed by atoms with Crippen molar-refractivity contribution < 1.29 is 0 Å². The molecule has 1 aliphatic rings. The van der Waals surface area contributed by atoms with E-state index in [0.717, 1.165) is 25.2 Å². The second-order valence-corrected chi connectivity index (χ2v) is 4.08. The van der Waals surface area contributed by atoms with Gasteiger partial charge in [-0.25, -0.2) is 5.10 Å². The first kappa shape index (κ1) is 10.1. The van der Waals surface area contributed by atoms with E-state index in [9.17, 15) is 0 Å². The molecule has 1 aromatic carbocycles. The van der Waals surface area contributed by atoms with Crippen LogP contribution in [0.2, 0.25) is 0 Å². The second kappa shape index (κ2) is 4.06. The molecule has 2 aromatic rings. The minimum Gasteiger partial charge on any atom is -0.368 e. The third-order valence-corrected chi connectivity index (χ3v) is 2.85. The molecule has 0 unspecified atom stereocenters. The highest BCUT2D eigenvalue weighted by atomic mass is 15.3. The topological polar surface area (TPSA) is 91.7 Å². The highest BCUT2D eigenvalue weighted by Gasteiger charge is 2.09. The summed E-state index contributed by atoms with van der Waals surface area (Å²) < 4.78 is 0. The summed E-state index contributed by atoms with van der Waals surface area (Å²) in [7, 11) is 0. The predicted molar refractivity (Wildman–Crippen MR) is 65.9 cm³/mol. The number of hydrogen-bond acceptors (Lipinski definition) is 5. The van der Waals surface area contributed by atoms with Crippen molar-refractivity contribution in [2.45, 2.75) is 13.0 Å². The summed E-state index contributed by atoms with van der Waals surface area (Å²) in [5.41, 5.74) is 9.19. The second-order valence-electron chi connectivity index (χ2n) is 4.08. The number of hydrogen-bond donors (Lipinski definition) is 4. The molecule has 3 rings (SSSR count). The Morgan fingerprint density at radius 3 is 3.06 bits per heavy atom. The third kappa shape index (κ3) is 2.07. The van der Waals surface area contributed by atoms with Gasteiger partial charge in [-0.3, -0.25) is 0 Å². The molecule has 0 saturated heterocycles. The van der Waals surface area contributed by atoms with Gasteiger partial charge < -0.3 is 16.4 Å². The molecule has 1 aliphatic heterocycles. The lowest BCUT2D eigenvalue weighted by atomic mass is 10.0. The average Bonchev–Trinajstić information content (AvgIpc) is 2.75. The van der Waals surface area contributed by atoms with E-state index < -0.39 is 0 Å². The molecule has 1 aromatic heterocycles. The highest BCUT2D eigenvalue weighted by molar-refractivity contribution is 5.56. The molecule has 0 aliphatic carbocycles. The van der Waals surface area contributed by atoms with Crippen LogP contribution >= 0.6 is 0 Å². The molecule has 6 nitrogen and oxygen atoms in total. The summed E-state index contributed by atoms with van der Waals surface area (Å²) in [5.74, 6) is 0.811. The Morgan fingerprint density at radius 2 is 2.24 bits per heavy atom. The number of anilines is 3. The van der Waals surface area contributed by atoms with Crippen LogP contribution in [-0.2, 0) is 13.0 Å². The van der Waals surface area contributed by atoms with Crippen molar-refractivity contribution in [3.8, 4) is 0 Å². The average molecular weight is 230 g/mol. The van der Waals surface area contributed by atoms with E-state index in [1.54, 1.807) is 0 Å². The first-order chi connectivity index (χ1) is 8.31. The van der Waals surface area contributed by atoms with E-state index in [2.05, 4.69) is 37.9 Å². The van der Waals surface area contributed by atoms with Crippen LogP contribution in [0.3, 0.4) is 0 Å². The lowest BCUT2D eigenvalue weighted by Gasteiger charge is -2.17. The zero-order valence-corrected chi connectivity index (χ0v) is 9.33. The lowest BCUT2D eigenvalue weighted by Crippen LogP contribution is -2.23. The summed E-state index contributed by atoms with van der Waals surface area (Å²) >= 11 is 0. The van der Waals surface area contributed by atoms with E-state index in [-0.39, 0.29) is 0 Å². The molecule has 0 bridgehead atoms. The first-order valence-corrected chi connectivity index (χ1v) is 5.59. The summed E-state index contributed by atoms with van der Waals surface area (Å²) in [6.45, 7) is 1.98. The number of aromatic nitrogens is 3. The van der Waals surface area contributed by atoms with Gasteiger partial charge in [-0.15, -0.1) is 5.10 Å². The van der Waals surface area contributed by atoms with E-state index in [1.165, 1.54) is 11.1 Å². The standard InChI is InChI=1S/C11H14N6/c12-10-15-11(17-16-10)14-9-2-1-8-6-13-4-3-7(8)5-9/h1-2,5,13H,3-4,6H2,(H4,12,14,15,16,17). The van der Waals surface area contributed by atoms with Crippen LogP contribution in [-0.4, -0.2) is 21.7 Å². The molecular formula is C11H14N6. The Balaban J connectivity index is 1.84. The molecule has 2 heterocycles. The third-order valence-electron chi connectivity index (χ3n) is 2.85. The van der Waals surface area contributed by atoms with E-state index in [0.29, 0.717) is 11.9 Å². The first-order valence-electron chi connectivity index (χ1n) is 5.59. The van der Waals surface area contributed by atoms with Crippen LogP contribution in [0.15, 0.2) is 18.2 Å². The van der Waals surface area contributed by atoms with Crippen molar-refractivity contribution >= 4 is 17.6 Å². The molecule has 0 spiro atoms. The van der Waals surface area contributed by atoms with Crippen LogP contribution < -0.4 is 16.4 Å². The van der Waals surface area contributed by atoms with Crippen LogP contribution in [0.25, 0.3) is 0 Å². The molecule has 17 heavy (non-hydrogen) atoms. The number of aromatic amines is 1. The number of rotatable bonds is 2. The smallest absolute Gasteiger partial charge is 0.248 e. The van der Waals surface area contributed by atoms with Gasteiger partial charge in [0.25, 0.3) is 0 Å². The van der Waals surface area contributed by atoms with Gasteiger partial charge in [0.15, 0.2) is 0 Å². The number of fused-ring (bicyclic) bond motifs is 1. The molecule has 0 atom stereocenters. The molecule has 5 N–H and O–H groups in total. The summed E-state index contributed by atoms with van der Waals surface area (Å²) in [4.78, 5) is 4.01. The van der Waals surface area contributed by atoms with Crippen LogP contribution in [0, 0.1) is 0 Å². The molecule has 0 amide bonds. The maximum Gasteiger partial charge on any atom is 0.248 e. The number of nitrogens with one attached hydrogen (secondary N) is 3. The van der Waals surface area contributed by atoms with Crippen molar-refractivity contribution in [2.24, 2.45) is 0 Å².